The van der Waals surface area contributed by atoms with Gasteiger partial charge in [0.1, 0.15) is 0 Å². The summed E-state index contributed by atoms with van der Waals surface area (Å²) in [5, 5.41) is 0. The van der Waals surface area contributed by atoms with Crippen molar-refractivity contribution in [3.8, 4) is 0 Å². The minimum Gasteiger partial charge on any atom is -0.349 e. The van der Waals surface area contributed by atoms with Gasteiger partial charge in [0.2, 0.25) is 0 Å². The second kappa shape index (κ2) is 5.33. The molecule has 1 aromatic rings. The fourth-order valence-corrected chi connectivity index (χ4v) is 3.27. The standard InChI is InChI=1S/C14H22N4O/c1-16-7-6-15-13(14(16)19)18-10-8-17(9-11-18)12-4-2-3-5-12/h6-7,12H,2-5,8-11H2,1H3. The smallest absolute Gasteiger partial charge is 0.293 e. The van der Waals surface area contributed by atoms with E-state index in [0.29, 0.717) is 5.82 Å². The molecule has 2 aliphatic rings. The predicted molar refractivity (Wildman–Crippen MR) is 75.5 cm³/mol. The summed E-state index contributed by atoms with van der Waals surface area (Å²) >= 11 is 0. The molecule has 0 amide bonds. The van der Waals surface area contributed by atoms with E-state index in [-0.39, 0.29) is 5.56 Å². The van der Waals surface area contributed by atoms with Crippen molar-refractivity contribution in [2.45, 2.75) is 31.7 Å². The summed E-state index contributed by atoms with van der Waals surface area (Å²) in [6.07, 6.45) is 8.88. The van der Waals surface area contributed by atoms with Crippen molar-refractivity contribution >= 4 is 5.82 Å². The number of aromatic nitrogens is 2. The first-order valence-electron chi connectivity index (χ1n) is 7.26. The number of hydrogen-bond acceptors (Lipinski definition) is 4. The first-order valence-corrected chi connectivity index (χ1v) is 7.26. The highest BCUT2D eigenvalue weighted by Crippen LogP contribution is 2.24. The third kappa shape index (κ3) is 2.52. The fraction of sp³-hybridized carbons (Fsp3) is 0.714. The quantitative estimate of drug-likeness (QED) is 0.792. The summed E-state index contributed by atoms with van der Waals surface area (Å²) in [6.45, 7) is 3.96. The molecule has 3 rings (SSSR count). The van der Waals surface area contributed by atoms with E-state index in [1.54, 1.807) is 24.0 Å². The Kier molecular flexibility index (Phi) is 3.55. The molecule has 1 saturated carbocycles. The number of rotatable bonds is 2. The second-order valence-corrected chi connectivity index (χ2v) is 5.63. The fourth-order valence-electron chi connectivity index (χ4n) is 3.27. The van der Waals surface area contributed by atoms with Gasteiger partial charge in [-0.2, -0.15) is 0 Å². The van der Waals surface area contributed by atoms with Crippen molar-refractivity contribution in [3.05, 3.63) is 22.7 Å². The first-order chi connectivity index (χ1) is 9.25. The van der Waals surface area contributed by atoms with Crippen molar-refractivity contribution in [3.63, 3.8) is 0 Å². The van der Waals surface area contributed by atoms with Crippen molar-refractivity contribution < 1.29 is 0 Å². The van der Waals surface area contributed by atoms with Gasteiger partial charge in [-0.05, 0) is 12.8 Å². The molecule has 1 aliphatic heterocycles. The van der Waals surface area contributed by atoms with Crippen LogP contribution in [0.2, 0.25) is 0 Å². The molecule has 104 valence electrons. The van der Waals surface area contributed by atoms with Gasteiger partial charge in [-0.25, -0.2) is 4.98 Å². The van der Waals surface area contributed by atoms with E-state index in [1.165, 1.54) is 25.7 Å². The van der Waals surface area contributed by atoms with Crippen molar-refractivity contribution in [1.29, 1.82) is 0 Å². The SMILES string of the molecule is Cn1ccnc(N2CCN(C3CCCC3)CC2)c1=O. The Morgan fingerprint density at radius 2 is 1.84 bits per heavy atom. The summed E-state index contributed by atoms with van der Waals surface area (Å²) in [4.78, 5) is 21.0. The van der Waals surface area contributed by atoms with Gasteiger partial charge in [-0.3, -0.25) is 9.69 Å². The molecule has 5 nitrogen and oxygen atoms in total. The highest BCUT2D eigenvalue weighted by atomic mass is 16.1. The van der Waals surface area contributed by atoms with E-state index in [9.17, 15) is 4.79 Å². The number of aryl methyl sites for hydroxylation is 1. The van der Waals surface area contributed by atoms with Gasteiger partial charge in [0.05, 0.1) is 0 Å². The molecule has 0 radical (unpaired) electrons. The van der Waals surface area contributed by atoms with Crippen LogP contribution in [0.5, 0.6) is 0 Å². The maximum absolute atomic E-state index is 12.1. The third-order valence-electron chi connectivity index (χ3n) is 4.45. The van der Waals surface area contributed by atoms with Gasteiger partial charge in [0.25, 0.3) is 5.56 Å². The van der Waals surface area contributed by atoms with Crippen LogP contribution in [-0.4, -0.2) is 46.7 Å². The van der Waals surface area contributed by atoms with Crippen LogP contribution in [0.15, 0.2) is 17.2 Å². The maximum atomic E-state index is 12.1. The molecule has 2 fully saturated rings. The van der Waals surface area contributed by atoms with Crippen LogP contribution in [0.1, 0.15) is 25.7 Å². The van der Waals surface area contributed by atoms with Crippen LogP contribution in [0, 0.1) is 0 Å². The zero-order valence-corrected chi connectivity index (χ0v) is 11.6. The summed E-state index contributed by atoms with van der Waals surface area (Å²) in [7, 11) is 1.78. The molecule has 5 heteroatoms. The highest BCUT2D eigenvalue weighted by molar-refractivity contribution is 5.36. The summed E-state index contributed by atoms with van der Waals surface area (Å²) < 4.78 is 1.60. The molecule has 0 bridgehead atoms. The van der Waals surface area contributed by atoms with Gasteiger partial charge < -0.3 is 9.47 Å². The molecule has 19 heavy (non-hydrogen) atoms. The molecule has 0 atom stereocenters. The van der Waals surface area contributed by atoms with Crippen LogP contribution in [0.4, 0.5) is 5.82 Å². The average Bonchev–Trinajstić information content (AvgIpc) is 2.96. The molecule has 0 N–H and O–H groups in total. The zero-order chi connectivity index (χ0) is 13.2. The van der Waals surface area contributed by atoms with Gasteiger partial charge >= 0.3 is 0 Å². The molecule has 0 spiro atoms. The van der Waals surface area contributed by atoms with Crippen LogP contribution in [0.25, 0.3) is 0 Å². The Bertz CT molecular complexity index is 484. The minimum absolute atomic E-state index is 0.0109. The van der Waals surface area contributed by atoms with Crippen LogP contribution in [0.3, 0.4) is 0 Å². The number of hydrogen-bond donors (Lipinski definition) is 0. The van der Waals surface area contributed by atoms with Crippen LogP contribution in [-0.2, 0) is 7.05 Å². The first kappa shape index (κ1) is 12.7. The van der Waals surface area contributed by atoms with Crippen molar-refractivity contribution in [1.82, 2.24) is 14.5 Å². The zero-order valence-electron chi connectivity index (χ0n) is 11.6. The lowest BCUT2D eigenvalue weighted by Gasteiger charge is -2.38. The maximum Gasteiger partial charge on any atom is 0.293 e. The monoisotopic (exact) mass is 262 g/mol. The van der Waals surface area contributed by atoms with E-state index >= 15 is 0 Å². The molecule has 2 heterocycles. The van der Waals surface area contributed by atoms with E-state index in [4.69, 9.17) is 0 Å². The lowest BCUT2D eigenvalue weighted by molar-refractivity contribution is 0.187. The van der Waals surface area contributed by atoms with Gasteiger partial charge in [-0.1, -0.05) is 12.8 Å². The minimum atomic E-state index is 0.0109. The molecule has 1 aliphatic carbocycles. The lowest BCUT2D eigenvalue weighted by atomic mass is 10.2. The largest absolute Gasteiger partial charge is 0.349 e. The Balaban J connectivity index is 1.66. The van der Waals surface area contributed by atoms with Crippen LogP contribution >= 0.6 is 0 Å². The van der Waals surface area contributed by atoms with Gasteiger partial charge in [0, 0.05) is 51.7 Å². The average molecular weight is 262 g/mol. The number of nitrogens with zero attached hydrogens (tertiary/aromatic N) is 4. The molecule has 0 aromatic carbocycles. The summed E-state index contributed by atoms with van der Waals surface area (Å²) in [5.74, 6) is 0.607. The molecule has 1 saturated heterocycles. The Morgan fingerprint density at radius 1 is 1.16 bits per heavy atom. The summed E-state index contributed by atoms with van der Waals surface area (Å²) in [5.41, 5.74) is 0.0109. The normalized spacial score (nSPS) is 22.1. The topological polar surface area (TPSA) is 41.4 Å². The lowest BCUT2D eigenvalue weighted by Crippen LogP contribution is -2.51. The number of piperazine rings is 1. The molecular formula is C14H22N4O. The van der Waals surface area contributed by atoms with Gasteiger partial charge in [0.15, 0.2) is 5.82 Å². The Morgan fingerprint density at radius 3 is 2.53 bits per heavy atom. The second-order valence-electron chi connectivity index (χ2n) is 5.63. The van der Waals surface area contributed by atoms with E-state index < -0.39 is 0 Å². The molecule has 0 unspecified atom stereocenters. The Labute approximate surface area is 113 Å². The Hall–Kier alpha value is -1.36. The number of anilines is 1. The highest BCUT2D eigenvalue weighted by Gasteiger charge is 2.27. The van der Waals surface area contributed by atoms with Crippen molar-refractivity contribution in [2.24, 2.45) is 7.05 Å². The van der Waals surface area contributed by atoms with E-state index in [2.05, 4.69) is 14.8 Å². The predicted octanol–water partition coefficient (Wildman–Crippen LogP) is 0.845. The summed E-state index contributed by atoms with van der Waals surface area (Å²) in [6, 6.07) is 0.786. The van der Waals surface area contributed by atoms with E-state index in [0.717, 1.165) is 32.2 Å². The van der Waals surface area contributed by atoms with Crippen molar-refractivity contribution in [2.75, 3.05) is 31.1 Å². The van der Waals surface area contributed by atoms with E-state index in [1.807, 2.05) is 0 Å². The molecular weight excluding hydrogens is 240 g/mol. The molecule has 1 aromatic heterocycles. The van der Waals surface area contributed by atoms with Gasteiger partial charge in [-0.15, -0.1) is 0 Å². The van der Waals surface area contributed by atoms with Crippen LogP contribution < -0.4 is 10.5 Å². The third-order valence-corrected chi connectivity index (χ3v) is 4.45.